The van der Waals surface area contributed by atoms with Crippen molar-refractivity contribution in [3.05, 3.63) is 0 Å². The first kappa shape index (κ1) is 25.0. The first-order chi connectivity index (χ1) is 12.6. The number of carbonyl (C=O) groups excluding carboxylic acids is 3. The number of aliphatic carboxylic acids is 2. The van der Waals surface area contributed by atoms with Crippen LogP contribution < -0.4 is 21.7 Å². The van der Waals surface area contributed by atoms with Gasteiger partial charge in [-0.2, -0.15) is 25.3 Å². The molecule has 8 N–H and O–H groups in total. The summed E-state index contributed by atoms with van der Waals surface area (Å²) in [4.78, 5) is 57.4. The lowest BCUT2D eigenvalue weighted by Gasteiger charge is -2.23. The highest BCUT2D eigenvalue weighted by Gasteiger charge is 2.29. The first-order valence-corrected chi connectivity index (χ1v) is 8.77. The molecule has 154 valence electrons. The second-order valence-corrected chi connectivity index (χ2v) is 6.00. The van der Waals surface area contributed by atoms with Gasteiger partial charge in [0.25, 0.3) is 0 Å². The molecule has 0 rings (SSSR count). The molecule has 0 aromatic rings. The average molecular weight is 426 g/mol. The number of thiol groups is 2. The monoisotopic (exact) mass is 426 g/mol. The molecular formula is C13H22N4O8S2. The van der Waals surface area contributed by atoms with Crippen LogP contribution in [0.3, 0.4) is 0 Å². The Morgan fingerprint density at radius 2 is 1.26 bits per heavy atom. The molecule has 4 atom stereocenters. The number of rotatable bonds is 12. The van der Waals surface area contributed by atoms with Crippen LogP contribution in [0.5, 0.6) is 0 Å². The van der Waals surface area contributed by atoms with E-state index in [0.717, 1.165) is 0 Å². The molecule has 0 radical (unpaired) electrons. The standard InChI is InChI=1S/C13H22N4O8S2/c14-5(1-9(19)20)10(21)15-6(2-18)11(22)16-7(3-26)12(23)17-8(4-27)13(24)25/h5-8,18,26-27H,1-4,14H2,(H,15,21)(H,16,22)(H,17,23)(H,19,20)(H,24,25). The number of carboxylic acids is 2. The number of amides is 3. The fourth-order valence-electron chi connectivity index (χ4n) is 1.68. The smallest absolute Gasteiger partial charge is 0.327 e. The van der Waals surface area contributed by atoms with Crippen LogP contribution in [0.2, 0.25) is 0 Å². The van der Waals surface area contributed by atoms with Gasteiger partial charge in [0.05, 0.1) is 19.1 Å². The summed E-state index contributed by atoms with van der Waals surface area (Å²) < 4.78 is 0. The first-order valence-electron chi connectivity index (χ1n) is 7.51. The third-order valence-electron chi connectivity index (χ3n) is 3.16. The van der Waals surface area contributed by atoms with Gasteiger partial charge in [0.1, 0.15) is 18.1 Å². The van der Waals surface area contributed by atoms with Gasteiger partial charge in [-0.3, -0.25) is 19.2 Å². The van der Waals surface area contributed by atoms with Crippen molar-refractivity contribution in [3.8, 4) is 0 Å². The van der Waals surface area contributed by atoms with Crippen LogP contribution in [0.4, 0.5) is 0 Å². The van der Waals surface area contributed by atoms with Gasteiger partial charge in [0.2, 0.25) is 17.7 Å². The fraction of sp³-hybridized carbons (Fsp3) is 0.615. The van der Waals surface area contributed by atoms with E-state index in [1.165, 1.54) is 0 Å². The summed E-state index contributed by atoms with van der Waals surface area (Å²) in [5.74, 6) is -5.86. The topological polar surface area (TPSA) is 208 Å². The highest BCUT2D eigenvalue weighted by Crippen LogP contribution is 1.97. The van der Waals surface area contributed by atoms with E-state index in [1.807, 2.05) is 0 Å². The molecule has 0 aromatic carbocycles. The molecule has 0 heterocycles. The fourth-order valence-corrected chi connectivity index (χ4v) is 2.18. The number of carboxylic acid groups (broad SMARTS) is 2. The van der Waals surface area contributed by atoms with E-state index in [1.54, 1.807) is 0 Å². The number of nitrogens with two attached hydrogens (primary N) is 1. The van der Waals surface area contributed by atoms with Crippen LogP contribution in [0.25, 0.3) is 0 Å². The van der Waals surface area contributed by atoms with Crippen molar-refractivity contribution in [2.75, 3.05) is 18.1 Å². The lowest BCUT2D eigenvalue weighted by molar-refractivity contribution is -0.141. The molecular weight excluding hydrogens is 404 g/mol. The Morgan fingerprint density at radius 3 is 1.67 bits per heavy atom. The zero-order chi connectivity index (χ0) is 21.1. The van der Waals surface area contributed by atoms with Crippen LogP contribution in [0.15, 0.2) is 0 Å². The van der Waals surface area contributed by atoms with Gasteiger partial charge >= 0.3 is 11.9 Å². The largest absolute Gasteiger partial charge is 0.481 e. The Balaban J connectivity index is 4.91. The minimum atomic E-state index is -1.51. The molecule has 14 heteroatoms. The van der Waals surface area contributed by atoms with Crippen molar-refractivity contribution >= 4 is 54.9 Å². The molecule has 0 spiro atoms. The molecule has 0 aliphatic heterocycles. The SMILES string of the molecule is NC(CC(=O)O)C(=O)NC(CO)C(=O)NC(CS)C(=O)NC(CS)C(=O)O. The minimum absolute atomic E-state index is 0.189. The summed E-state index contributed by atoms with van der Waals surface area (Å²) in [7, 11) is 0. The molecule has 0 saturated carbocycles. The van der Waals surface area contributed by atoms with Crippen molar-refractivity contribution in [3.63, 3.8) is 0 Å². The molecule has 0 saturated heterocycles. The highest BCUT2D eigenvalue weighted by atomic mass is 32.1. The van der Waals surface area contributed by atoms with Gasteiger partial charge < -0.3 is 37.0 Å². The van der Waals surface area contributed by atoms with Crippen molar-refractivity contribution in [2.24, 2.45) is 5.73 Å². The molecule has 27 heavy (non-hydrogen) atoms. The van der Waals surface area contributed by atoms with Crippen molar-refractivity contribution in [1.82, 2.24) is 16.0 Å². The van der Waals surface area contributed by atoms with Gasteiger partial charge in [0.15, 0.2) is 0 Å². The van der Waals surface area contributed by atoms with E-state index in [0.29, 0.717) is 0 Å². The molecule has 3 amide bonds. The molecule has 0 aliphatic carbocycles. The van der Waals surface area contributed by atoms with E-state index in [2.05, 4.69) is 41.2 Å². The Morgan fingerprint density at radius 1 is 0.815 bits per heavy atom. The predicted octanol–water partition coefficient (Wildman–Crippen LogP) is -3.82. The number of carbonyl (C=O) groups is 5. The van der Waals surface area contributed by atoms with Gasteiger partial charge in [-0.1, -0.05) is 0 Å². The van der Waals surface area contributed by atoms with Crippen LogP contribution in [0.1, 0.15) is 6.42 Å². The van der Waals surface area contributed by atoms with Crippen LogP contribution in [0, 0.1) is 0 Å². The summed E-state index contributed by atoms with van der Waals surface area (Å²) in [6.07, 6.45) is -0.687. The third kappa shape index (κ3) is 8.94. The average Bonchev–Trinajstić information content (AvgIpc) is 2.60. The Bertz CT molecular complexity index is 577. The van der Waals surface area contributed by atoms with Crippen molar-refractivity contribution < 1.29 is 39.3 Å². The summed E-state index contributed by atoms with van der Waals surface area (Å²) in [6, 6.07) is -5.50. The molecule has 0 aliphatic rings. The van der Waals surface area contributed by atoms with Crippen LogP contribution in [-0.4, -0.2) is 87.3 Å². The predicted molar refractivity (Wildman–Crippen MR) is 98.4 cm³/mol. The second kappa shape index (κ2) is 12.4. The van der Waals surface area contributed by atoms with Gasteiger partial charge in [-0.05, 0) is 0 Å². The lowest BCUT2D eigenvalue weighted by atomic mass is 10.1. The zero-order valence-electron chi connectivity index (χ0n) is 14.0. The maximum Gasteiger partial charge on any atom is 0.327 e. The Labute approximate surface area is 165 Å². The number of aliphatic hydroxyl groups excluding tert-OH is 1. The summed E-state index contributed by atoms with van der Waals surface area (Å²) in [6.45, 7) is -0.854. The third-order valence-corrected chi connectivity index (χ3v) is 3.89. The van der Waals surface area contributed by atoms with Gasteiger partial charge in [-0.25, -0.2) is 4.79 Å². The van der Waals surface area contributed by atoms with Crippen LogP contribution >= 0.6 is 25.3 Å². The minimum Gasteiger partial charge on any atom is -0.481 e. The van der Waals surface area contributed by atoms with Gasteiger partial charge in [-0.15, -0.1) is 0 Å². The van der Waals surface area contributed by atoms with E-state index in [4.69, 9.17) is 15.9 Å². The van der Waals surface area contributed by atoms with E-state index < -0.39 is 66.9 Å². The number of hydrogen-bond donors (Lipinski definition) is 9. The molecule has 0 aromatic heterocycles. The maximum absolute atomic E-state index is 12.1. The highest BCUT2D eigenvalue weighted by molar-refractivity contribution is 7.80. The zero-order valence-corrected chi connectivity index (χ0v) is 15.8. The lowest BCUT2D eigenvalue weighted by Crippen LogP contribution is -2.58. The number of hydrogen-bond acceptors (Lipinski definition) is 9. The molecule has 4 unspecified atom stereocenters. The summed E-state index contributed by atoms with van der Waals surface area (Å²) in [5, 5.41) is 33.1. The van der Waals surface area contributed by atoms with E-state index >= 15 is 0 Å². The van der Waals surface area contributed by atoms with Crippen molar-refractivity contribution in [2.45, 2.75) is 30.6 Å². The quantitative estimate of drug-likeness (QED) is 0.140. The summed E-state index contributed by atoms with van der Waals surface area (Å²) >= 11 is 7.68. The summed E-state index contributed by atoms with van der Waals surface area (Å²) in [5.41, 5.74) is 5.35. The Hall–Kier alpha value is -2.03. The van der Waals surface area contributed by atoms with Crippen LogP contribution in [-0.2, 0) is 24.0 Å². The molecule has 0 fully saturated rings. The molecule has 0 bridgehead atoms. The Kier molecular flexibility index (Phi) is 11.4. The van der Waals surface area contributed by atoms with E-state index in [-0.39, 0.29) is 11.5 Å². The maximum atomic E-state index is 12.1. The number of nitrogens with one attached hydrogen (secondary N) is 3. The normalized spacial score (nSPS) is 15.0. The van der Waals surface area contributed by atoms with E-state index in [9.17, 15) is 29.1 Å². The molecule has 12 nitrogen and oxygen atoms in total. The number of aliphatic hydroxyl groups is 1. The van der Waals surface area contributed by atoms with Crippen molar-refractivity contribution in [1.29, 1.82) is 0 Å². The van der Waals surface area contributed by atoms with Gasteiger partial charge in [0, 0.05) is 11.5 Å². The second-order valence-electron chi connectivity index (χ2n) is 5.27.